The minimum atomic E-state index is -0.617. The van der Waals surface area contributed by atoms with Crippen LogP contribution < -0.4 is 10.6 Å². The molecular formula is C12H18BrN3O3. The third-order valence-electron chi connectivity index (χ3n) is 2.61. The van der Waals surface area contributed by atoms with Gasteiger partial charge in [-0.25, -0.2) is 0 Å². The number of likely N-dealkylation sites (N-methyl/N-ethyl adjacent to an activating group) is 1. The molecule has 0 saturated carbocycles. The number of amidine groups is 1. The van der Waals surface area contributed by atoms with E-state index in [2.05, 4.69) is 21.1 Å². The van der Waals surface area contributed by atoms with Gasteiger partial charge in [-0.15, -0.1) is 0 Å². The Morgan fingerprint density at radius 3 is 2.84 bits per heavy atom. The number of nitrogens with zero attached hydrogens (tertiary/aromatic N) is 2. The van der Waals surface area contributed by atoms with Crippen LogP contribution in [0.2, 0.25) is 0 Å². The lowest BCUT2D eigenvalue weighted by atomic mass is 10.1. The molecule has 1 aromatic carbocycles. The van der Waals surface area contributed by atoms with Crippen LogP contribution in [0.15, 0.2) is 27.8 Å². The molecule has 1 rings (SSSR count). The van der Waals surface area contributed by atoms with Crippen LogP contribution >= 0.6 is 15.9 Å². The number of oxime groups is 1. The van der Waals surface area contributed by atoms with Gasteiger partial charge in [0, 0.05) is 30.9 Å². The van der Waals surface area contributed by atoms with Crippen LogP contribution in [0, 0.1) is 0 Å². The van der Waals surface area contributed by atoms with Crippen LogP contribution in [0.1, 0.15) is 5.56 Å². The molecule has 1 unspecified atom stereocenters. The van der Waals surface area contributed by atoms with E-state index in [4.69, 9.17) is 15.7 Å². The Labute approximate surface area is 120 Å². The van der Waals surface area contributed by atoms with Gasteiger partial charge in [-0.05, 0) is 28.1 Å². The van der Waals surface area contributed by atoms with Crippen molar-refractivity contribution in [3.63, 3.8) is 0 Å². The van der Waals surface area contributed by atoms with E-state index in [1.165, 1.54) is 7.11 Å². The summed E-state index contributed by atoms with van der Waals surface area (Å²) in [5.41, 5.74) is 7.01. The summed E-state index contributed by atoms with van der Waals surface area (Å²) in [4.78, 5) is 1.82. The van der Waals surface area contributed by atoms with E-state index >= 15 is 0 Å². The van der Waals surface area contributed by atoms with Crippen LogP contribution in [0.4, 0.5) is 5.69 Å². The van der Waals surface area contributed by atoms with Gasteiger partial charge < -0.3 is 25.7 Å². The van der Waals surface area contributed by atoms with Gasteiger partial charge in [-0.3, -0.25) is 0 Å². The molecule has 1 atom stereocenters. The van der Waals surface area contributed by atoms with Gasteiger partial charge >= 0.3 is 0 Å². The average molecular weight is 332 g/mol. The molecule has 1 aromatic rings. The normalized spacial score (nSPS) is 13.4. The van der Waals surface area contributed by atoms with Crippen molar-refractivity contribution in [3.8, 4) is 0 Å². The molecule has 0 bridgehead atoms. The Morgan fingerprint density at radius 2 is 2.26 bits per heavy atom. The van der Waals surface area contributed by atoms with Gasteiger partial charge in [0.1, 0.15) is 0 Å². The molecule has 0 aliphatic rings. The molecule has 0 radical (unpaired) electrons. The van der Waals surface area contributed by atoms with Gasteiger partial charge in [0.15, 0.2) is 5.84 Å². The second kappa shape index (κ2) is 7.32. The molecular weight excluding hydrogens is 314 g/mol. The lowest BCUT2D eigenvalue weighted by Gasteiger charge is -2.25. The maximum absolute atomic E-state index is 9.75. The van der Waals surface area contributed by atoms with Crippen LogP contribution in [-0.4, -0.2) is 49.6 Å². The number of hydrogen-bond acceptors (Lipinski definition) is 5. The number of benzene rings is 1. The van der Waals surface area contributed by atoms with Gasteiger partial charge in [0.2, 0.25) is 0 Å². The number of nitrogens with two attached hydrogens (primary N) is 1. The second-order valence-corrected chi connectivity index (χ2v) is 4.96. The minimum absolute atomic E-state index is 0.00977. The number of anilines is 1. The third kappa shape index (κ3) is 4.09. The molecule has 0 aliphatic carbocycles. The number of aliphatic hydroxyl groups excluding tert-OH is 1. The van der Waals surface area contributed by atoms with Gasteiger partial charge in [0.05, 0.1) is 18.3 Å². The van der Waals surface area contributed by atoms with Crippen LogP contribution in [0.25, 0.3) is 0 Å². The number of hydrogen-bond donors (Lipinski definition) is 3. The number of methoxy groups -OCH3 is 1. The molecule has 7 heteroatoms. The first kappa shape index (κ1) is 15.7. The highest BCUT2D eigenvalue weighted by Crippen LogP contribution is 2.27. The summed E-state index contributed by atoms with van der Waals surface area (Å²) in [5, 5.41) is 21.6. The van der Waals surface area contributed by atoms with Crippen molar-refractivity contribution in [3.05, 3.63) is 28.2 Å². The van der Waals surface area contributed by atoms with E-state index in [0.717, 1.165) is 5.69 Å². The quantitative estimate of drug-likeness (QED) is 0.313. The Bertz CT molecular complexity index is 454. The average Bonchev–Trinajstić information content (AvgIpc) is 2.37. The van der Waals surface area contributed by atoms with E-state index in [-0.39, 0.29) is 12.4 Å². The summed E-state index contributed by atoms with van der Waals surface area (Å²) in [5.74, 6) is 0.00977. The van der Waals surface area contributed by atoms with Crippen LogP contribution in [-0.2, 0) is 4.74 Å². The van der Waals surface area contributed by atoms with E-state index in [9.17, 15) is 5.11 Å². The molecule has 0 heterocycles. The highest BCUT2D eigenvalue weighted by molar-refractivity contribution is 9.10. The lowest BCUT2D eigenvalue weighted by Crippen LogP contribution is -2.33. The van der Waals surface area contributed by atoms with Crippen LogP contribution in [0.3, 0.4) is 0 Å². The first-order valence-electron chi connectivity index (χ1n) is 5.65. The first-order valence-corrected chi connectivity index (χ1v) is 6.45. The Hall–Kier alpha value is -1.31. The molecule has 0 aliphatic heterocycles. The second-order valence-electron chi connectivity index (χ2n) is 4.11. The Kier molecular flexibility index (Phi) is 6.07. The number of rotatable bonds is 6. The monoisotopic (exact) mass is 331 g/mol. The summed E-state index contributed by atoms with van der Waals surface area (Å²) < 4.78 is 5.60. The molecule has 4 N–H and O–H groups in total. The molecule has 6 nitrogen and oxygen atoms in total. The molecule has 0 saturated heterocycles. The molecule has 0 fully saturated rings. The fraction of sp³-hybridized carbons (Fsp3) is 0.417. The van der Waals surface area contributed by atoms with Gasteiger partial charge in [0.25, 0.3) is 0 Å². The Balaban J connectivity index is 3.03. The fourth-order valence-corrected chi connectivity index (χ4v) is 2.35. The first-order chi connectivity index (χ1) is 9.01. The van der Waals surface area contributed by atoms with E-state index in [1.807, 2.05) is 24.1 Å². The van der Waals surface area contributed by atoms with Gasteiger partial charge in [-0.2, -0.15) is 0 Å². The van der Waals surface area contributed by atoms with Gasteiger partial charge in [-0.1, -0.05) is 11.2 Å². The predicted molar refractivity (Wildman–Crippen MR) is 77.8 cm³/mol. The summed E-state index contributed by atoms with van der Waals surface area (Å²) in [6.45, 7) is 0.618. The van der Waals surface area contributed by atoms with Crippen molar-refractivity contribution in [2.24, 2.45) is 10.9 Å². The smallest absolute Gasteiger partial charge is 0.173 e. The molecule has 0 spiro atoms. The zero-order valence-electron chi connectivity index (χ0n) is 10.9. The van der Waals surface area contributed by atoms with Crippen molar-refractivity contribution in [2.75, 3.05) is 32.2 Å². The van der Waals surface area contributed by atoms with Crippen LogP contribution in [0.5, 0.6) is 0 Å². The lowest BCUT2D eigenvalue weighted by molar-refractivity contribution is 0.0695. The third-order valence-corrected chi connectivity index (χ3v) is 3.27. The summed E-state index contributed by atoms with van der Waals surface area (Å²) >= 11 is 3.37. The van der Waals surface area contributed by atoms with E-state index < -0.39 is 6.10 Å². The maximum Gasteiger partial charge on any atom is 0.173 e. The largest absolute Gasteiger partial charge is 0.409 e. The molecule has 19 heavy (non-hydrogen) atoms. The number of halogens is 1. The predicted octanol–water partition coefficient (Wildman–Crippen LogP) is 0.987. The summed E-state index contributed by atoms with van der Waals surface area (Å²) in [7, 11) is 3.35. The van der Waals surface area contributed by atoms with E-state index in [1.54, 1.807) is 6.07 Å². The summed E-state index contributed by atoms with van der Waals surface area (Å²) in [6.07, 6.45) is -0.617. The molecule has 0 amide bonds. The minimum Gasteiger partial charge on any atom is -0.409 e. The van der Waals surface area contributed by atoms with Crippen molar-refractivity contribution in [2.45, 2.75) is 6.10 Å². The Morgan fingerprint density at radius 1 is 1.58 bits per heavy atom. The zero-order chi connectivity index (χ0) is 14.4. The van der Waals surface area contributed by atoms with Crippen molar-refractivity contribution in [1.29, 1.82) is 0 Å². The standard InChI is InChI=1S/C12H18BrN3O3/c1-16(6-8(17)7-19-2)10-5-3-4-9(13)11(10)12(14)15-18/h3-5,8,17-18H,6-7H2,1-2H3,(H2,14,15). The zero-order valence-corrected chi connectivity index (χ0v) is 12.5. The highest BCUT2D eigenvalue weighted by atomic mass is 79.9. The fourth-order valence-electron chi connectivity index (χ4n) is 1.79. The van der Waals surface area contributed by atoms with Crippen molar-refractivity contribution in [1.82, 2.24) is 0 Å². The number of ether oxygens (including phenoxy) is 1. The maximum atomic E-state index is 9.75. The molecule has 0 aromatic heterocycles. The number of aliphatic hydroxyl groups is 1. The molecule has 106 valence electrons. The van der Waals surface area contributed by atoms with Crippen molar-refractivity contribution < 1.29 is 15.1 Å². The SMILES string of the molecule is COCC(O)CN(C)c1cccc(Br)c1/C(N)=N/O. The summed E-state index contributed by atoms with van der Waals surface area (Å²) in [6, 6.07) is 5.47. The van der Waals surface area contributed by atoms with Crippen molar-refractivity contribution >= 4 is 27.5 Å². The topological polar surface area (TPSA) is 91.3 Å². The van der Waals surface area contributed by atoms with E-state index in [0.29, 0.717) is 16.6 Å². The highest BCUT2D eigenvalue weighted by Gasteiger charge is 2.16.